The smallest absolute Gasteiger partial charge is 0.311 e. The first-order chi connectivity index (χ1) is 14.9. The molecule has 1 aliphatic carbocycles. The van der Waals surface area contributed by atoms with Crippen molar-refractivity contribution in [1.82, 2.24) is 0 Å². The SMILES string of the molecule is CCCCC(=O)Oc1cc(OC(=O)CCCC)c2c(c1O)C(=O)c1ccccc1C2=O. The van der Waals surface area contributed by atoms with Crippen molar-refractivity contribution >= 4 is 23.5 Å². The summed E-state index contributed by atoms with van der Waals surface area (Å²) in [7, 11) is 0. The molecule has 0 saturated heterocycles. The highest BCUT2D eigenvalue weighted by Gasteiger charge is 2.37. The summed E-state index contributed by atoms with van der Waals surface area (Å²) in [6, 6.07) is 7.32. The first kappa shape index (κ1) is 22.2. The zero-order valence-corrected chi connectivity index (χ0v) is 17.5. The van der Waals surface area contributed by atoms with Crippen molar-refractivity contribution < 1.29 is 33.8 Å². The van der Waals surface area contributed by atoms with Crippen LogP contribution in [0.1, 0.15) is 84.2 Å². The van der Waals surface area contributed by atoms with Crippen LogP contribution >= 0.6 is 0 Å². The molecule has 0 atom stereocenters. The first-order valence-corrected chi connectivity index (χ1v) is 10.4. The summed E-state index contributed by atoms with van der Waals surface area (Å²) in [6.07, 6.45) is 2.97. The number of ketones is 2. The third-order valence-electron chi connectivity index (χ3n) is 5.02. The second kappa shape index (κ2) is 9.55. The molecule has 0 aromatic heterocycles. The van der Waals surface area contributed by atoms with Gasteiger partial charge in [-0.3, -0.25) is 19.2 Å². The van der Waals surface area contributed by atoms with Gasteiger partial charge in [0.25, 0.3) is 0 Å². The minimum atomic E-state index is -0.624. The fourth-order valence-electron chi connectivity index (χ4n) is 3.37. The number of rotatable bonds is 8. The van der Waals surface area contributed by atoms with Crippen LogP contribution in [0.3, 0.4) is 0 Å². The number of unbranched alkanes of at least 4 members (excludes halogenated alkanes) is 2. The summed E-state index contributed by atoms with van der Waals surface area (Å²) in [4.78, 5) is 50.6. The Morgan fingerprint density at radius 1 is 0.806 bits per heavy atom. The quantitative estimate of drug-likeness (QED) is 0.423. The number of esters is 2. The molecule has 162 valence electrons. The van der Waals surface area contributed by atoms with Gasteiger partial charge in [-0.2, -0.15) is 0 Å². The van der Waals surface area contributed by atoms with Crippen molar-refractivity contribution in [3.8, 4) is 17.2 Å². The van der Waals surface area contributed by atoms with Crippen molar-refractivity contribution in [1.29, 1.82) is 0 Å². The monoisotopic (exact) mass is 424 g/mol. The molecule has 2 aromatic carbocycles. The minimum Gasteiger partial charge on any atom is -0.504 e. The van der Waals surface area contributed by atoms with E-state index in [0.717, 1.165) is 18.9 Å². The number of phenolic OH excluding ortho intramolecular Hbond substituents is 1. The van der Waals surface area contributed by atoms with Crippen molar-refractivity contribution in [2.24, 2.45) is 0 Å². The lowest BCUT2D eigenvalue weighted by Crippen LogP contribution is -2.23. The fraction of sp³-hybridized carbons (Fsp3) is 0.333. The van der Waals surface area contributed by atoms with Crippen LogP contribution in [0.2, 0.25) is 0 Å². The standard InChI is InChI=1S/C24H24O7/c1-3-5-11-18(25)30-16-13-17(31-19(26)12-6-4-2)24(29)21-20(16)22(27)14-9-7-8-10-15(14)23(21)28/h7-10,13,29H,3-6,11-12H2,1-2H3. The third kappa shape index (κ3) is 4.50. The van der Waals surface area contributed by atoms with Crippen molar-refractivity contribution in [2.75, 3.05) is 0 Å². The molecular formula is C24H24O7. The van der Waals surface area contributed by atoms with E-state index in [1.807, 2.05) is 13.8 Å². The molecule has 7 heteroatoms. The molecule has 0 amide bonds. The second-order valence-corrected chi connectivity index (χ2v) is 7.33. The number of carbonyl (C=O) groups excluding carboxylic acids is 4. The van der Waals surface area contributed by atoms with Gasteiger partial charge in [-0.15, -0.1) is 0 Å². The van der Waals surface area contributed by atoms with Crippen LogP contribution in [0.15, 0.2) is 30.3 Å². The van der Waals surface area contributed by atoms with Crippen LogP contribution in [0.5, 0.6) is 17.2 Å². The number of phenols is 1. The molecule has 0 radical (unpaired) electrons. The number of aromatic hydroxyl groups is 1. The van der Waals surface area contributed by atoms with Crippen LogP contribution in [-0.4, -0.2) is 28.6 Å². The van der Waals surface area contributed by atoms with Crippen molar-refractivity contribution in [3.05, 3.63) is 52.6 Å². The Morgan fingerprint density at radius 2 is 1.29 bits per heavy atom. The summed E-state index contributed by atoms with van der Waals surface area (Å²) in [6.45, 7) is 3.84. The van der Waals surface area contributed by atoms with Gasteiger partial charge in [0, 0.05) is 30.0 Å². The Bertz CT molecular complexity index is 1050. The van der Waals surface area contributed by atoms with E-state index in [-0.39, 0.29) is 46.6 Å². The van der Waals surface area contributed by atoms with E-state index in [2.05, 4.69) is 0 Å². The summed E-state index contributed by atoms with van der Waals surface area (Å²) in [5.41, 5.74) is -0.270. The molecule has 2 aromatic rings. The highest BCUT2D eigenvalue weighted by atomic mass is 16.5. The predicted octanol–water partition coefficient (Wildman–Crippen LogP) is 4.36. The lowest BCUT2D eigenvalue weighted by Gasteiger charge is -2.22. The molecule has 0 spiro atoms. The number of carbonyl (C=O) groups is 4. The van der Waals surface area contributed by atoms with Gasteiger partial charge in [-0.05, 0) is 12.8 Å². The molecule has 3 rings (SSSR count). The number of hydrogen-bond donors (Lipinski definition) is 1. The van der Waals surface area contributed by atoms with Crippen molar-refractivity contribution in [3.63, 3.8) is 0 Å². The van der Waals surface area contributed by atoms with Gasteiger partial charge in [-0.25, -0.2) is 0 Å². The van der Waals surface area contributed by atoms with Crippen LogP contribution in [-0.2, 0) is 9.59 Å². The maximum atomic E-state index is 13.1. The minimum absolute atomic E-state index is 0.119. The average Bonchev–Trinajstić information content (AvgIpc) is 2.76. The molecule has 0 bridgehead atoms. The molecule has 31 heavy (non-hydrogen) atoms. The van der Waals surface area contributed by atoms with E-state index < -0.39 is 29.3 Å². The predicted molar refractivity (Wildman–Crippen MR) is 112 cm³/mol. The fourth-order valence-corrected chi connectivity index (χ4v) is 3.37. The van der Waals surface area contributed by atoms with E-state index in [4.69, 9.17) is 9.47 Å². The maximum absolute atomic E-state index is 13.1. The Morgan fingerprint density at radius 3 is 1.81 bits per heavy atom. The Hall–Kier alpha value is -3.48. The van der Waals surface area contributed by atoms with Gasteiger partial charge in [0.05, 0.1) is 11.1 Å². The third-order valence-corrected chi connectivity index (χ3v) is 5.02. The Kier molecular flexibility index (Phi) is 6.84. The number of ether oxygens (including phenoxy) is 2. The lowest BCUT2D eigenvalue weighted by molar-refractivity contribution is -0.135. The largest absolute Gasteiger partial charge is 0.504 e. The zero-order valence-electron chi connectivity index (χ0n) is 17.5. The first-order valence-electron chi connectivity index (χ1n) is 10.4. The number of benzene rings is 2. The molecule has 0 aliphatic heterocycles. The molecule has 0 saturated carbocycles. The molecule has 0 heterocycles. The highest BCUT2D eigenvalue weighted by Crippen LogP contribution is 2.44. The summed E-state index contributed by atoms with van der Waals surface area (Å²) < 4.78 is 10.6. The van der Waals surface area contributed by atoms with E-state index in [1.54, 1.807) is 12.1 Å². The van der Waals surface area contributed by atoms with E-state index in [1.165, 1.54) is 12.1 Å². The van der Waals surface area contributed by atoms with Gasteiger partial charge in [0.2, 0.25) is 0 Å². The normalized spacial score (nSPS) is 12.2. The highest BCUT2D eigenvalue weighted by molar-refractivity contribution is 6.30. The zero-order chi connectivity index (χ0) is 22.5. The summed E-state index contributed by atoms with van der Waals surface area (Å²) in [5, 5.41) is 10.7. The van der Waals surface area contributed by atoms with E-state index in [9.17, 15) is 24.3 Å². The van der Waals surface area contributed by atoms with Gasteiger partial charge in [0.15, 0.2) is 23.1 Å². The molecular weight excluding hydrogens is 400 g/mol. The number of fused-ring (bicyclic) bond motifs is 2. The van der Waals surface area contributed by atoms with Crippen LogP contribution in [0.4, 0.5) is 0 Å². The molecule has 0 unspecified atom stereocenters. The Balaban J connectivity index is 2.11. The van der Waals surface area contributed by atoms with Gasteiger partial charge >= 0.3 is 11.9 Å². The molecule has 1 aliphatic rings. The van der Waals surface area contributed by atoms with Gasteiger partial charge in [0.1, 0.15) is 5.75 Å². The summed E-state index contributed by atoms with van der Waals surface area (Å²) >= 11 is 0. The number of hydrogen-bond acceptors (Lipinski definition) is 7. The topological polar surface area (TPSA) is 107 Å². The summed E-state index contributed by atoms with van der Waals surface area (Å²) in [5.74, 6) is -3.50. The van der Waals surface area contributed by atoms with Gasteiger partial charge < -0.3 is 14.6 Å². The lowest BCUT2D eigenvalue weighted by atomic mass is 9.83. The molecule has 0 fully saturated rings. The van der Waals surface area contributed by atoms with Crippen LogP contribution in [0, 0.1) is 0 Å². The maximum Gasteiger partial charge on any atom is 0.311 e. The average molecular weight is 424 g/mol. The second-order valence-electron chi connectivity index (χ2n) is 7.33. The molecule has 7 nitrogen and oxygen atoms in total. The van der Waals surface area contributed by atoms with E-state index in [0.29, 0.717) is 12.8 Å². The van der Waals surface area contributed by atoms with Gasteiger partial charge in [-0.1, -0.05) is 51.0 Å². The van der Waals surface area contributed by atoms with Crippen LogP contribution in [0.25, 0.3) is 0 Å². The Labute approximate surface area is 180 Å². The van der Waals surface area contributed by atoms with Crippen molar-refractivity contribution in [2.45, 2.75) is 52.4 Å². The molecule has 1 N–H and O–H groups in total. The van der Waals surface area contributed by atoms with Crippen LogP contribution < -0.4 is 9.47 Å². The van der Waals surface area contributed by atoms with E-state index >= 15 is 0 Å².